The molecule has 0 spiro atoms. The van der Waals surface area contributed by atoms with Gasteiger partial charge < -0.3 is 10.1 Å². The van der Waals surface area contributed by atoms with Crippen molar-refractivity contribution in [2.45, 2.75) is 11.8 Å². The molecule has 20 heavy (non-hydrogen) atoms. The van der Waals surface area contributed by atoms with E-state index < -0.39 is 16.0 Å². The minimum absolute atomic E-state index is 0.0313. The lowest BCUT2D eigenvalue weighted by molar-refractivity contribution is 0.0596. The third-order valence-corrected chi connectivity index (χ3v) is 4.24. The molecule has 0 saturated heterocycles. The van der Waals surface area contributed by atoms with Crippen LogP contribution >= 0.6 is 0 Å². The fraction of sp³-hybridized carbons (Fsp3) is 0.462. The molecule has 0 heterocycles. The number of esters is 1. The lowest BCUT2D eigenvalue weighted by Gasteiger charge is -2.14. The second-order valence-electron chi connectivity index (χ2n) is 4.50. The summed E-state index contributed by atoms with van der Waals surface area (Å²) < 4.78 is 31.6. The molecule has 0 saturated carbocycles. The molecule has 0 aromatic heterocycles. The van der Waals surface area contributed by atoms with Crippen molar-refractivity contribution in [3.05, 3.63) is 29.8 Å². The zero-order valence-electron chi connectivity index (χ0n) is 11.8. The number of hydrogen-bond acceptors (Lipinski definition) is 5. The van der Waals surface area contributed by atoms with Crippen molar-refractivity contribution in [1.29, 1.82) is 0 Å². The molecule has 0 amide bonds. The average Bonchev–Trinajstić information content (AvgIpc) is 2.45. The van der Waals surface area contributed by atoms with Gasteiger partial charge in [0.25, 0.3) is 0 Å². The molecule has 0 fully saturated rings. The van der Waals surface area contributed by atoms with Gasteiger partial charge in [0.1, 0.15) is 0 Å². The van der Waals surface area contributed by atoms with Gasteiger partial charge in [0, 0.05) is 6.54 Å². The molecule has 0 aliphatic heterocycles. The number of methoxy groups -OCH3 is 1. The Balaban J connectivity index is 2.95. The van der Waals surface area contributed by atoms with Crippen LogP contribution in [-0.4, -0.2) is 41.6 Å². The highest BCUT2D eigenvalue weighted by atomic mass is 32.2. The molecule has 1 unspecified atom stereocenters. The van der Waals surface area contributed by atoms with E-state index in [4.69, 9.17) is 0 Å². The summed E-state index contributed by atoms with van der Waals surface area (Å²) in [7, 11) is -0.718. The van der Waals surface area contributed by atoms with Crippen molar-refractivity contribution in [3.63, 3.8) is 0 Å². The lowest BCUT2D eigenvalue weighted by atomic mass is 10.2. The smallest absolute Gasteiger partial charge is 0.339 e. The molecule has 6 nitrogen and oxygen atoms in total. The lowest BCUT2D eigenvalue weighted by Crippen LogP contribution is -2.33. The fourth-order valence-electron chi connectivity index (χ4n) is 1.73. The Morgan fingerprint density at radius 3 is 2.55 bits per heavy atom. The van der Waals surface area contributed by atoms with Crippen LogP contribution in [-0.2, 0) is 14.8 Å². The Bertz CT molecular complexity index is 557. The number of carbonyl (C=O) groups is 1. The highest BCUT2D eigenvalue weighted by Crippen LogP contribution is 2.16. The molecule has 0 radical (unpaired) electrons. The summed E-state index contributed by atoms with van der Waals surface area (Å²) in [6, 6.07) is 5.97. The number of hydrogen-bond donors (Lipinski definition) is 2. The van der Waals surface area contributed by atoms with Gasteiger partial charge in [0.2, 0.25) is 10.0 Å². The molecular weight excluding hydrogens is 280 g/mol. The molecule has 2 N–H and O–H groups in total. The van der Waals surface area contributed by atoms with Crippen molar-refractivity contribution < 1.29 is 17.9 Å². The third kappa shape index (κ3) is 4.29. The first-order valence-electron chi connectivity index (χ1n) is 6.24. The van der Waals surface area contributed by atoms with Crippen LogP contribution in [0.15, 0.2) is 29.2 Å². The van der Waals surface area contributed by atoms with Gasteiger partial charge in [-0.15, -0.1) is 0 Å². The summed E-state index contributed by atoms with van der Waals surface area (Å²) in [6.45, 7) is 2.91. The monoisotopic (exact) mass is 300 g/mol. The Hall–Kier alpha value is -1.44. The van der Waals surface area contributed by atoms with Crippen molar-refractivity contribution >= 4 is 16.0 Å². The van der Waals surface area contributed by atoms with Gasteiger partial charge in [0.05, 0.1) is 17.6 Å². The molecular formula is C13H20N2O4S. The van der Waals surface area contributed by atoms with E-state index in [0.717, 1.165) is 0 Å². The van der Waals surface area contributed by atoms with Crippen LogP contribution in [0.2, 0.25) is 0 Å². The van der Waals surface area contributed by atoms with Gasteiger partial charge in [-0.25, -0.2) is 17.9 Å². The van der Waals surface area contributed by atoms with Gasteiger partial charge in [-0.1, -0.05) is 19.1 Å². The second kappa shape index (κ2) is 7.37. The quantitative estimate of drug-likeness (QED) is 0.721. The molecule has 1 aromatic carbocycles. The van der Waals surface area contributed by atoms with E-state index in [9.17, 15) is 13.2 Å². The maximum Gasteiger partial charge on any atom is 0.339 e. The maximum atomic E-state index is 12.2. The number of carbonyl (C=O) groups excluding carboxylic acids is 1. The highest BCUT2D eigenvalue weighted by Gasteiger charge is 2.22. The first-order chi connectivity index (χ1) is 9.42. The van der Waals surface area contributed by atoms with Crippen LogP contribution in [0.4, 0.5) is 0 Å². The molecule has 1 aromatic rings. The Labute approximate surface area is 119 Å². The predicted octanol–water partition coefficient (Wildman–Crippen LogP) is 0.607. The minimum atomic E-state index is -3.74. The zero-order valence-corrected chi connectivity index (χ0v) is 12.7. The number of benzene rings is 1. The van der Waals surface area contributed by atoms with Crippen molar-refractivity contribution in [2.75, 3.05) is 27.2 Å². The number of sulfonamides is 1. The Morgan fingerprint density at radius 2 is 1.95 bits per heavy atom. The van der Waals surface area contributed by atoms with Crippen molar-refractivity contribution in [1.82, 2.24) is 10.0 Å². The Kier molecular flexibility index (Phi) is 6.12. The third-order valence-electron chi connectivity index (χ3n) is 2.76. The second-order valence-corrected chi connectivity index (χ2v) is 6.24. The van der Waals surface area contributed by atoms with Crippen molar-refractivity contribution in [3.8, 4) is 0 Å². The molecule has 112 valence electrons. The van der Waals surface area contributed by atoms with Crippen LogP contribution < -0.4 is 10.0 Å². The Morgan fingerprint density at radius 1 is 1.30 bits per heavy atom. The molecule has 1 atom stereocenters. The fourth-order valence-corrected chi connectivity index (χ4v) is 3.09. The SMILES string of the molecule is CNCC(C)CNS(=O)(=O)c1ccccc1C(=O)OC. The van der Waals surface area contributed by atoms with E-state index in [-0.39, 0.29) is 16.4 Å². The number of rotatable bonds is 7. The van der Waals surface area contributed by atoms with Crippen LogP contribution in [0.5, 0.6) is 0 Å². The molecule has 0 aliphatic rings. The highest BCUT2D eigenvalue weighted by molar-refractivity contribution is 7.89. The van der Waals surface area contributed by atoms with E-state index in [2.05, 4.69) is 14.8 Å². The van der Waals surface area contributed by atoms with E-state index >= 15 is 0 Å². The summed E-state index contributed by atoms with van der Waals surface area (Å²) >= 11 is 0. The topological polar surface area (TPSA) is 84.5 Å². The first kappa shape index (κ1) is 16.6. The summed E-state index contributed by atoms with van der Waals surface area (Å²) in [5.74, 6) is -0.533. The summed E-state index contributed by atoms with van der Waals surface area (Å²) in [4.78, 5) is 11.5. The molecule has 1 rings (SSSR count). The summed E-state index contributed by atoms with van der Waals surface area (Å²) in [6.07, 6.45) is 0. The molecule has 0 aliphatic carbocycles. The van der Waals surface area contributed by atoms with Gasteiger partial charge in [-0.3, -0.25) is 0 Å². The van der Waals surface area contributed by atoms with Crippen molar-refractivity contribution in [2.24, 2.45) is 5.92 Å². The number of nitrogens with one attached hydrogen (secondary N) is 2. The average molecular weight is 300 g/mol. The molecule has 0 bridgehead atoms. The van der Waals surface area contributed by atoms with Crippen LogP contribution in [0.1, 0.15) is 17.3 Å². The normalized spacial score (nSPS) is 12.9. The van der Waals surface area contributed by atoms with Crippen LogP contribution in [0, 0.1) is 5.92 Å². The predicted molar refractivity (Wildman–Crippen MR) is 76.1 cm³/mol. The van der Waals surface area contributed by atoms with E-state index in [1.54, 1.807) is 19.2 Å². The van der Waals surface area contributed by atoms with Crippen LogP contribution in [0.25, 0.3) is 0 Å². The van der Waals surface area contributed by atoms with Gasteiger partial charge in [-0.2, -0.15) is 0 Å². The van der Waals surface area contributed by atoms with Gasteiger partial charge in [-0.05, 0) is 31.6 Å². The summed E-state index contributed by atoms with van der Waals surface area (Å²) in [5.41, 5.74) is 0.0313. The zero-order chi connectivity index (χ0) is 15.2. The standard InChI is InChI=1S/C13H20N2O4S/c1-10(8-14-2)9-15-20(17,18)12-7-5-4-6-11(12)13(16)19-3/h4-7,10,14-15H,8-9H2,1-3H3. The number of ether oxygens (including phenoxy) is 1. The first-order valence-corrected chi connectivity index (χ1v) is 7.72. The van der Waals surface area contributed by atoms with Gasteiger partial charge >= 0.3 is 5.97 Å². The van der Waals surface area contributed by atoms with E-state index in [0.29, 0.717) is 13.1 Å². The minimum Gasteiger partial charge on any atom is -0.465 e. The van der Waals surface area contributed by atoms with Gasteiger partial charge in [0.15, 0.2) is 0 Å². The maximum absolute atomic E-state index is 12.2. The summed E-state index contributed by atoms with van der Waals surface area (Å²) in [5, 5.41) is 2.97. The van der Waals surface area contributed by atoms with Crippen LogP contribution in [0.3, 0.4) is 0 Å². The van der Waals surface area contributed by atoms with E-state index in [1.165, 1.54) is 19.2 Å². The van der Waals surface area contributed by atoms with E-state index in [1.807, 2.05) is 6.92 Å². The largest absolute Gasteiger partial charge is 0.465 e. The molecule has 7 heteroatoms.